The van der Waals surface area contributed by atoms with Gasteiger partial charge in [-0.1, -0.05) is 45.0 Å². The Morgan fingerprint density at radius 3 is 2.50 bits per heavy atom. The molecule has 0 aliphatic rings. The van der Waals surface area contributed by atoms with Crippen molar-refractivity contribution in [3.63, 3.8) is 0 Å². The van der Waals surface area contributed by atoms with E-state index in [0.29, 0.717) is 6.42 Å². The SMILES string of the molecule is COC(C(O)Cc1ccc2ccccc2n1)C(C)(C)C. The maximum Gasteiger partial charge on any atom is 0.0882 e. The van der Waals surface area contributed by atoms with Crippen molar-refractivity contribution in [1.82, 2.24) is 4.98 Å². The standard InChI is InChI=1S/C17H23NO2/c1-17(2,3)16(20-4)15(19)11-13-10-9-12-7-5-6-8-14(12)18-13/h5-10,15-16,19H,11H2,1-4H3. The van der Waals surface area contributed by atoms with Crippen molar-refractivity contribution >= 4 is 10.9 Å². The molecule has 2 aromatic rings. The van der Waals surface area contributed by atoms with E-state index in [9.17, 15) is 5.11 Å². The molecule has 0 aliphatic carbocycles. The maximum absolute atomic E-state index is 10.4. The number of rotatable bonds is 4. The van der Waals surface area contributed by atoms with Gasteiger partial charge in [0.25, 0.3) is 0 Å². The van der Waals surface area contributed by atoms with Gasteiger partial charge in [0.05, 0.1) is 17.7 Å². The summed E-state index contributed by atoms with van der Waals surface area (Å²) in [6, 6.07) is 12.0. The van der Waals surface area contributed by atoms with Crippen LogP contribution in [0, 0.1) is 5.41 Å². The number of hydrogen-bond acceptors (Lipinski definition) is 3. The van der Waals surface area contributed by atoms with Crippen molar-refractivity contribution in [2.45, 2.75) is 39.4 Å². The van der Waals surface area contributed by atoms with Crippen LogP contribution in [0.2, 0.25) is 0 Å². The molecule has 2 rings (SSSR count). The van der Waals surface area contributed by atoms with Crippen molar-refractivity contribution in [2.24, 2.45) is 5.41 Å². The number of benzene rings is 1. The lowest BCUT2D eigenvalue weighted by Gasteiger charge is -2.33. The van der Waals surface area contributed by atoms with Crippen LogP contribution in [0.3, 0.4) is 0 Å². The first kappa shape index (κ1) is 14.9. The first-order valence-electron chi connectivity index (χ1n) is 6.97. The highest BCUT2D eigenvalue weighted by Crippen LogP contribution is 2.26. The van der Waals surface area contributed by atoms with Crippen LogP contribution in [-0.2, 0) is 11.2 Å². The molecule has 2 atom stereocenters. The van der Waals surface area contributed by atoms with E-state index in [1.807, 2.05) is 36.4 Å². The van der Waals surface area contributed by atoms with E-state index in [1.54, 1.807) is 7.11 Å². The van der Waals surface area contributed by atoms with Crippen molar-refractivity contribution in [1.29, 1.82) is 0 Å². The Hall–Kier alpha value is -1.45. The number of methoxy groups -OCH3 is 1. The topological polar surface area (TPSA) is 42.4 Å². The molecule has 0 aliphatic heterocycles. The fraction of sp³-hybridized carbons (Fsp3) is 0.471. The number of pyridine rings is 1. The lowest BCUT2D eigenvalue weighted by atomic mass is 9.84. The highest BCUT2D eigenvalue weighted by Gasteiger charge is 2.31. The third-order valence-electron chi connectivity index (χ3n) is 3.53. The third-order valence-corrected chi connectivity index (χ3v) is 3.53. The number of ether oxygens (including phenoxy) is 1. The van der Waals surface area contributed by atoms with Crippen LogP contribution in [0.1, 0.15) is 26.5 Å². The fourth-order valence-corrected chi connectivity index (χ4v) is 2.63. The number of aliphatic hydroxyl groups excluding tert-OH is 1. The Kier molecular flexibility index (Phi) is 4.41. The number of aromatic nitrogens is 1. The smallest absolute Gasteiger partial charge is 0.0882 e. The van der Waals surface area contributed by atoms with Gasteiger partial charge < -0.3 is 9.84 Å². The Balaban J connectivity index is 2.18. The highest BCUT2D eigenvalue weighted by molar-refractivity contribution is 5.78. The van der Waals surface area contributed by atoms with Gasteiger partial charge in [-0.05, 0) is 17.5 Å². The summed E-state index contributed by atoms with van der Waals surface area (Å²) in [5.74, 6) is 0. The van der Waals surface area contributed by atoms with E-state index >= 15 is 0 Å². The summed E-state index contributed by atoms with van der Waals surface area (Å²) < 4.78 is 5.46. The minimum atomic E-state index is -0.561. The zero-order valence-corrected chi connectivity index (χ0v) is 12.6. The van der Waals surface area contributed by atoms with E-state index in [2.05, 4.69) is 25.8 Å². The van der Waals surface area contributed by atoms with Crippen molar-refractivity contribution in [3.05, 3.63) is 42.1 Å². The summed E-state index contributed by atoms with van der Waals surface area (Å²) in [5.41, 5.74) is 1.75. The van der Waals surface area contributed by atoms with Crippen LogP contribution in [0.15, 0.2) is 36.4 Å². The predicted molar refractivity (Wildman–Crippen MR) is 81.7 cm³/mol. The minimum absolute atomic E-state index is 0.106. The van der Waals surface area contributed by atoms with Gasteiger partial charge >= 0.3 is 0 Å². The Morgan fingerprint density at radius 2 is 1.85 bits per heavy atom. The molecule has 2 unspecified atom stereocenters. The molecule has 1 heterocycles. The molecule has 3 heteroatoms. The zero-order valence-electron chi connectivity index (χ0n) is 12.6. The Bertz CT molecular complexity index is 574. The molecule has 3 nitrogen and oxygen atoms in total. The second kappa shape index (κ2) is 5.90. The van der Waals surface area contributed by atoms with Crippen LogP contribution in [0.4, 0.5) is 0 Å². The molecule has 0 radical (unpaired) electrons. The second-order valence-electron chi connectivity index (χ2n) is 6.29. The number of hydrogen-bond donors (Lipinski definition) is 1. The van der Waals surface area contributed by atoms with E-state index in [4.69, 9.17) is 4.74 Å². The lowest BCUT2D eigenvalue weighted by molar-refractivity contribution is -0.0701. The molecule has 1 aromatic carbocycles. The monoisotopic (exact) mass is 273 g/mol. The lowest BCUT2D eigenvalue weighted by Crippen LogP contribution is -2.40. The summed E-state index contributed by atoms with van der Waals surface area (Å²) in [6.07, 6.45) is -0.273. The average molecular weight is 273 g/mol. The molecule has 0 spiro atoms. The summed E-state index contributed by atoms with van der Waals surface area (Å²) in [7, 11) is 1.65. The molecular formula is C17H23NO2. The van der Waals surface area contributed by atoms with Crippen LogP contribution >= 0.6 is 0 Å². The summed E-state index contributed by atoms with van der Waals surface area (Å²) >= 11 is 0. The fourth-order valence-electron chi connectivity index (χ4n) is 2.63. The number of nitrogens with zero attached hydrogens (tertiary/aromatic N) is 1. The zero-order chi connectivity index (χ0) is 14.8. The quantitative estimate of drug-likeness (QED) is 0.930. The van der Waals surface area contributed by atoms with Crippen molar-refractivity contribution in [2.75, 3.05) is 7.11 Å². The number of para-hydroxylation sites is 1. The van der Waals surface area contributed by atoms with E-state index in [-0.39, 0.29) is 11.5 Å². The van der Waals surface area contributed by atoms with Crippen LogP contribution in [0.5, 0.6) is 0 Å². The number of aliphatic hydroxyl groups is 1. The van der Waals surface area contributed by atoms with Gasteiger partial charge in [-0.15, -0.1) is 0 Å². The second-order valence-corrected chi connectivity index (χ2v) is 6.29. The summed E-state index contributed by atoms with van der Waals surface area (Å²) in [5, 5.41) is 11.5. The molecule has 1 N–H and O–H groups in total. The summed E-state index contributed by atoms with van der Waals surface area (Å²) in [6.45, 7) is 6.20. The highest BCUT2D eigenvalue weighted by atomic mass is 16.5. The molecular weight excluding hydrogens is 250 g/mol. The first-order valence-corrected chi connectivity index (χ1v) is 6.97. The van der Waals surface area contributed by atoms with Gasteiger partial charge in [0.1, 0.15) is 0 Å². The largest absolute Gasteiger partial charge is 0.390 e. The van der Waals surface area contributed by atoms with Gasteiger partial charge in [-0.25, -0.2) is 0 Å². The Morgan fingerprint density at radius 1 is 1.15 bits per heavy atom. The molecule has 0 bridgehead atoms. The maximum atomic E-state index is 10.4. The number of fused-ring (bicyclic) bond motifs is 1. The molecule has 0 fully saturated rings. The first-order chi connectivity index (χ1) is 9.41. The third kappa shape index (κ3) is 3.35. The molecule has 0 saturated carbocycles. The molecule has 0 amide bonds. The van der Waals surface area contributed by atoms with Crippen LogP contribution in [-0.4, -0.2) is 29.4 Å². The normalized spacial score (nSPS) is 15.2. The minimum Gasteiger partial charge on any atom is -0.390 e. The van der Waals surface area contributed by atoms with Crippen molar-refractivity contribution < 1.29 is 9.84 Å². The van der Waals surface area contributed by atoms with E-state index in [0.717, 1.165) is 16.6 Å². The molecule has 108 valence electrons. The van der Waals surface area contributed by atoms with Gasteiger partial charge in [-0.2, -0.15) is 0 Å². The van der Waals surface area contributed by atoms with E-state index in [1.165, 1.54) is 0 Å². The Labute approximate surface area is 120 Å². The van der Waals surface area contributed by atoms with E-state index < -0.39 is 6.10 Å². The average Bonchev–Trinajstić information content (AvgIpc) is 2.37. The summed E-state index contributed by atoms with van der Waals surface area (Å²) in [4.78, 5) is 4.60. The van der Waals surface area contributed by atoms with Crippen LogP contribution < -0.4 is 0 Å². The molecule has 20 heavy (non-hydrogen) atoms. The predicted octanol–water partition coefficient (Wildman–Crippen LogP) is 3.20. The van der Waals surface area contributed by atoms with Crippen LogP contribution in [0.25, 0.3) is 10.9 Å². The molecule has 1 aromatic heterocycles. The van der Waals surface area contributed by atoms with Gasteiger partial charge in [-0.3, -0.25) is 4.98 Å². The van der Waals surface area contributed by atoms with Gasteiger partial charge in [0.15, 0.2) is 0 Å². The van der Waals surface area contributed by atoms with Gasteiger partial charge in [0.2, 0.25) is 0 Å². The molecule has 0 saturated heterocycles. The van der Waals surface area contributed by atoms with Gasteiger partial charge in [0, 0.05) is 24.6 Å². The van der Waals surface area contributed by atoms with Crippen molar-refractivity contribution in [3.8, 4) is 0 Å².